The number of benzene rings is 2. The number of anilines is 1. The molecule has 2 aromatic rings. The summed E-state index contributed by atoms with van der Waals surface area (Å²) >= 11 is 0. The number of aryl methyl sites for hydroxylation is 1. The average Bonchev–Trinajstić information content (AvgIpc) is 2.65. The summed E-state index contributed by atoms with van der Waals surface area (Å²) in [7, 11) is 0. The van der Waals surface area contributed by atoms with Gasteiger partial charge >= 0.3 is 0 Å². The van der Waals surface area contributed by atoms with E-state index < -0.39 is 0 Å². The van der Waals surface area contributed by atoms with Crippen molar-refractivity contribution in [3.05, 3.63) is 53.6 Å². The zero-order valence-corrected chi connectivity index (χ0v) is 16.9. The van der Waals surface area contributed by atoms with Gasteiger partial charge in [-0.25, -0.2) is 0 Å². The van der Waals surface area contributed by atoms with Crippen LogP contribution in [-0.4, -0.2) is 25.2 Å². The fourth-order valence-corrected chi connectivity index (χ4v) is 2.88. The Morgan fingerprint density at radius 3 is 2.26 bits per heavy atom. The molecule has 0 saturated carbocycles. The highest BCUT2D eigenvalue weighted by atomic mass is 16.5. The highest BCUT2D eigenvalue weighted by Gasteiger charge is 2.21. The minimum Gasteiger partial charge on any atom is -0.490 e. The molecule has 1 amide bonds. The predicted molar refractivity (Wildman–Crippen MR) is 108 cm³/mol. The first-order valence-electron chi connectivity index (χ1n) is 9.56. The summed E-state index contributed by atoms with van der Waals surface area (Å²) in [4.78, 5) is 12.5. The second-order valence-corrected chi connectivity index (χ2v) is 6.70. The van der Waals surface area contributed by atoms with Crippen LogP contribution < -0.4 is 20.1 Å². The molecule has 27 heavy (non-hydrogen) atoms. The normalized spacial score (nSPS) is 12.9. The quantitative estimate of drug-likeness (QED) is 0.710. The maximum atomic E-state index is 12.5. The van der Waals surface area contributed by atoms with Crippen molar-refractivity contribution in [3.63, 3.8) is 0 Å². The summed E-state index contributed by atoms with van der Waals surface area (Å²) in [5.74, 6) is 1.48. The first-order valence-corrected chi connectivity index (χ1v) is 9.56. The number of nitrogens with one attached hydrogen (secondary N) is 1. The molecule has 0 radical (unpaired) electrons. The van der Waals surface area contributed by atoms with E-state index in [4.69, 9.17) is 9.47 Å². The molecule has 2 aromatic carbocycles. The largest absolute Gasteiger partial charge is 0.490 e. The van der Waals surface area contributed by atoms with Gasteiger partial charge in [-0.1, -0.05) is 17.7 Å². The number of nitrogens with two attached hydrogens (primary N) is 1. The number of amides is 1. The molecule has 5 nitrogen and oxygen atoms in total. The van der Waals surface area contributed by atoms with E-state index >= 15 is 0 Å². The number of hydrogen-bond donors (Lipinski definition) is 2. The number of carbonyl (C=O) groups excluding carboxylic acids is 1. The van der Waals surface area contributed by atoms with Crippen LogP contribution >= 0.6 is 0 Å². The summed E-state index contributed by atoms with van der Waals surface area (Å²) in [6, 6.07) is 13.7. The molecule has 2 rings (SSSR count). The van der Waals surface area contributed by atoms with Gasteiger partial charge in [0, 0.05) is 11.3 Å². The van der Waals surface area contributed by atoms with Gasteiger partial charge in [0.15, 0.2) is 17.5 Å². The van der Waals surface area contributed by atoms with Crippen LogP contribution in [0.3, 0.4) is 0 Å². The fraction of sp³-hybridized carbons (Fsp3) is 0.409. The highest BCUT2D eigenvalue weighted by molar-refractivity contribution is 5.93. The molecule has 0 saturated heterocycles. The third-order valence-electron chi connectivity index (χ3n) is 4.40. The molecule has 146 valence electrons. The lowest BCUT2D eigenvalue weighted by molar-refractivity contribution is -0.709. The molecule has 0 unspecified atom stereocenters. The first-order chi connectivity index (χ1) is 12.9. The maximum absolute atomic E-state index is 12.5. The SMILES string of the molecule is CCOc1ccc([C@H](C)[NH2+][C@@H](C)C(=O)Nc2ccc(C)cc2)cc1OCC. The Morgan fingerprint density at radius 1 is 1.00 bits per heavy atom. The van der Waals surface area contributed by atoms with Gasteiger partial charge in [-0.05, 0) is 65.0 Å². The van der Waals surface area contributed by atoms with Gasteiger partial charge in [0.25, 0.3) is 5.91 Å². The molecule has 0 heterocycles. The van der Waals surface area contributed by atoms with Gasteiger partial charge in [0.2, 0.25) is 0 Å². The molecule has 0 aliphatic carbocycles. The standard InChI is InChI=1S/C22H30N2O3/c1-6-26-20-13-10-18(14-21(20)27-7-2)16(4)23-17(5)22(25)24-19-11-8-15(3)9-12-19/h8-14,16-17,23H,6-7H2,1-5H3,(H,24,25)/p+1/t16-,17-/m0/s1. The van der Waals surface area contributed by atoms with Crippen LogP contribution in [0, 0.1) is 6.92 Å². The minimum absolute atomic E-state index is 0.0123. The number of ether oxygens (including phenoxy) is 2. The van der Waals surface area contributed by atoms with Gasteiger partial charge < -0.3 is 20.1 Å². The topological polar surface area (TPSA) is 64.2 Å². The lowest BCUT2D eigenvalue weighted by Crippen LogP contribution is -2.91. The second kappa shape index (κ2) is 9.97. The van der Waals surface area contributed by atoms with Crippen molar-refractivity contribution in [2.75, 3.05) is 18.5 Å². The fourth-order valence-electron chi connectivity index (χ4n) is 2.88. The summed E-state index contributed by atoms with van der Waals surface area (Å²) < 4.78 is 11.3. The smallest absolute Gasteiger partial charge is 0.282 e. The summed E-state index contributed by atoms with van der Waals surface area (Å²) in [6.45, 7) is 11.1. The van der Waals surface area contributed by atoms with Crippen LogP contribution in [0.4, 0.5) is 5.69 Å². The van der Waals surface area contributed by atoms with Crippen molar-refractivity contribution < 1.29 is 19.6 Å². The van der Waals surface area contributed by atoms with Crippen LogP contribution in [0.25, 0.3) is 0 Å². The molecule has 0 fully saturated rings. The molecule has 0 bridgehead atoms. The maximum Gasteiger partial charge on any atom is 0.282 e. The molecule has 2 atom stereocenters. The van der Waals surface area contributed by atoms with E-state index in [1.807, 2.05) is 70.2 Å². The molecule has 5 heteroatoms. The minimum atomic E-state index is -0.219. The first kappa shape index (κ1) is 20.8. The Hall–Kier alpha value is -2.53. The van der Waals surface area contributed by atoms with Gasteiger partial charge in [-0.3, -0.25) is 4.79 Å². The molecule has 0 aliphatic heterocycles. The highest BCUT2D eigenvalue weighted by Crippen LogP contribution is 2.30. The van der Waals surface area contributed by atoms with E-state index in [1.165, 1.54) is 5.56 Å². The summed E-state index contributed by atoms with van der Waals surface area (Å²) in [6.07, 6.45) is 0. The van der Waals surface area contributed by atoms with Crippen molar-refractivity contribution in [1.29, 1.82) is 0 Å². The van der Waals surface area contributed by atoms with Crippen LogP contribution in [0.5, 0.6) is 11.5 Å². The summed E-state index contributed by atoms with van der Waals surface area (Å²) in [5, 5.41) is 5.02. The zero-order valence-electron chi connectivity index (χ0n) is 16.9. The van der Waals surface area contributed by atoms with Gasteiger partial charge in [-0.2, -0.15) is 0 Å². The molecule has 3 N–H and O–H groups in total. The van der Waals surface area contributed by atoms with Gasteiger partial charge in [0.1, 0.15) is 6.04 Å². The predicted octanol–water partition coefficient (Wildman–Crippen LogP) is 3.44. The van der Waals surface area contributed by atoms with Crippen molar-refractivity contribution >= 4 is 11.6 Å². The average molecular weight is 372 g/mol. The lowest BCUT2D eigenvalue weighted by atomic mass is 10.1. The zero-order chi connectivity index (χ0) is 19.8. The molecule has 0 aliphatic rings. The van der Waals surface area contributed by atoms with Crippen molar-refractivity contribution in [2.24, 2.45) is 0 Å². The Labute approximate surface area is 162 Å². The third kappa shape index (κ3) is 6.00. The molecule has 0 aromatic heterocycles. The number of rotatable bonds is 9. The number of carbonyl (C=O) groups is 1. The van der Waals surface area contributed by atoms with Crippen molar-refractivity contribution in [2.45, 2.75) is 46.7 Å². The van der Waals surface area contributed by atoms with E-state index in [1.54, 1.807) is 0 Å². The summed E-state index contributed by atoms with van der Waals surface area (Å²) in [5.41, 5.74) is 3.08. The van der Waals surface area contributed by atoms with E-state index in [0.717, 1.165) is 22.7 Å². The van der Waals surface area contributed by atoms with Crippen LogP contribution in [0.2, 0.25) is 0 Å². The number of hydrogen-bond acceptors (Lipinski definition) is 3. The van der Waals surface area contributed by atoms with Gasteiger partial charge in [-0.15, -0.1) is 0 Å². The molecule has 0 spiro atoms. The van der Waals surface area contributed by atoms with E-state index in [9.17, 15) is 4.79 Å². The Morgan fingerprint density at radius 2 is 1.63 bits per heavy atom. The monoisotopic (exact) mass is 371 g/mol. The van der Waals surface area contributed by atoms with Crippen molar-refractivity contribution in [1.82, 2.24) is 0 Å². The van der Waals surface area contributed by atoms with Crippen LogP contribution in [0.15, 0.2) is 42.5 Å². The lowest BCUT2D eigenvalue weighted by Gasteiger charge is -2.18. The Kier molecular flexibility index (Phi) is 7.67. The van der Waals surface area contributed by atoms with E-state index in [0.29, 0.717) is 13.2 Å². The third-order valence-corrected chi connectivity index (χ3v) is 4.40. The molecular weight excluding hydrogens is 340 g/mol. The molecular formula is C22H31N2O3+. The van der Waals surface area contributed by atoms with Crippen molar-refractivity contribution in [3.8, 4) is 11.5 Å². The number of quaternary nitrogens is 1. The van der Waals surface area contributed by atoms with E-state index in [-0.39, 0.29) is 18.0 Å². The Bertz CT molecular complexity index is 744. The van der Waals surface area contributed by atoms with Gasteiger partial charge in [0.05, 0.1) is 13.2 Å². The van der Waals surface area contributed by atoms with Crippen LogP contribution in [0.1, 0.15) is 44.9 Å². The Balaban J connectivity index is 2.02. The second-order valence-electron chi connectivity index (χ2n) is 6.70. The van der Waals surface area contributed by atoms with E-state index in [2.05, 4.69) is 17.6 Å². The van der Waals surface area contributed by atoms with Crippen LogP contribution in [-0.2, 0) is 4.79 Å².